The molecular formula is C14H25N3O2. The summed E-state index contributed by atoms with van der Waals surface area (Å²) in [6, 6.07) is 0.0855. The fourth-order valence-electron chi connectivity index (χ4n) is 3.28. The Morgan fingerprint density at radius 3 is 2.53 bits per heavy atom. The highest BCUT2D eigenvalue weighted by Gasteiger charge is 2.39. The van der Waals surface area contributed by atoms with Crippen molar-refractivity contribution in [1.29, 1.82) is 0 Å². The van der Waals surface area contributed by atoms with Crippen LogP contribution >= 0.6 is 0 Å². The lowest BCUT2D eigenvalue weighted by molar-refractivity contribution is -0.140. The van der Waals surface area contributed by atoms with Gasteiger partial charge < -0.3 is 16.0 Å². The highest BCUT2D eigenvalue weighted by molar-refractivity contribution is 5.86. The Labute approximate surface area is 114 Å². The van der Waals surface area contributed by atoms with Crippen molar-refractivity contribution in [3.05, 3.63) is 0 Å². The largest absolute Gasteiger partial charge is 0.352 e. The van der Waals surface area contributed by atoms with Crippen molar-refractivity contribution in [2.45, 2.75) is 63.5 Å². The number of hydrogen-bond acceptors (Lipinski definition) is 3. The van der Waals surface area contributed by atoms with Gasteiger partial charge in [0.1, 0.15) is 0 Å². The van der Waals surface area contributed by atoms with Crippen molar-refractivity contribution in [3.8, 4) is 0 Å². The Morgan fingerprint density at radius 2 is 1.89 bits per heavy atom. The van der Waals surface area contributed by atoms with Gasteiger partial charge in [-0.2, -0.15) is 0 Å². The molecule has 0 spiro atoms. The predicted molar refractivity (Wildman–Crippen MR) is 73.4 cm³/mol. The van der Waals surface area contributed by atoms with E-state index >= 15 is 0 Å². The SMILES string of the molecule is CC(=O)NC1CCCN(C(=O)C2(N)CCCCC2)C1. The van der Waals surface area contributed by atoms with Crippen LogP contribution in [-0.2, 0) is 9.59 Å². The van der Waals surface area contributed by atoms with Gasteiger partial charge in [-0.25, -0.2) is 0 Å². The minimum absolute atomic E-state index is 0.0283. The van der Waals surface area contributed by atoms with Crippen molar-refractivity contribution >= 4 is 11.8 Å². The minimum atomic E-state index is -0.656. The molecule has 2 rings (SSSR count). The molecule has 5 heteroatoms. The quantitative estimate of drug-likeness (QED) is 0.776. The zero-order valence-electron chi connectivity index (χ0n) is 11.8. The third-order valence-electron chi connectivity index (χ3n) is 4.29. The normalized spacial score (nSPS) is 26.8. The molecular weight excluding hydrogens is 242 g/mol. The van der Waals surface area contributed by atoms with E-state index in [1.165, 1.54) is 13.3 Å². The van der Waals surface area contributed by atoms with Crippen LogP contribution in [0, 0.1) is 0 Å². The number of nitrogens with zero attached hydrogens (tertiary/aromatic N) is 1. The molecule has 1 heterocycles. The van der Waals surface area contributed by atoms with Crippen molar-refractivity contribution in [3.63, 3.8) is 0 Å². The summed E-state index contributed by atoms with van der Waals surface area (Å²) in [4.78, 5) is 25.6. The molecule has 19 heavy (non-hydrogen) atoms. The molecule has 2 fully saturated rings. The lowest BCUT2D eigenvalue weighted by Crippen LogP contribution is -2.60. The predicted octanol–water partition coefficient (Wildman–Crippen LogP) is 0.775. The number of hydrogen-bond donors (Lipinski definition) is 2. The Kier molecular flexibility index (Phi) is 4.45. The average Bonchev–Trinajstić information content (AvgIpc) is 2.38. The minimum Gasteiger partial charge on any atom is -0.352 e. The number of carbonyl (C=O) groups excluding carboxylic acids is 2. The molecule has 1 saturated carbocycles. The molecule has 2 aliphatic rings. The summed E-state index contributed by atoms with van der Waals surface area (Å²) in [5.74, 6) is 0.0571. The van der Waals surface area contributed by atoms with Gasteiger partial charge in [-0.3, -0.25) is 9.59 Å². The maximum atomic E-state index is 12.6. The second kappa shape index (κ2) is 5.90. The average molecular weight is 267 g/mol. The van der Waals surface area contributed by atoms with E-state index in [1.54, 1.807) is 0 Å². The summed E-state index contributed by atoms with van der Waals surface area (Å²) in [5.41, 5.74) is 5.65. The van der Waals surface area contributed by atoms with Crippen molar-refractivity contribution in [1.82, 2.24) is 10.2 Å². The van der Waals surface area contributed by atoms with Gasteiger partial charge in [-0.15, -0.1) is 0 Å². The van der Waals surface area contributed by atoms with Gasteiger partial charge in [-0.1, -0.05) is 19.3 Å². The Hall–Kier alpha value is -1.10. The number of carbonyl (C=O) groups is 2. The van der Waals surface area contributed by atoms with Gasteiger partial charge in [-0.05, 0) is 25.7 Å². The lowest BCUT2D eigenvalue weighted by Gasteiger charge is -2.40. The first-order chi connectivity index (χ1) is 9.01. The third-order valence-corrected chi connectivity index (χ3v) is 4.29. The molecule has 2 amide bonds. The summed E-state index contributed by atoms with van der Waals surface area (Å²) >= 11 is 0. The highest BCUT2D eigenvalue weighted by atomic mass is 16.2. The van der Waals surface area contributed by atoms with Crippen molar-refractivity contribution in [2.24, 2.45) is 5.73 Å². The fraction of sp³-hybridized carbons (Fsp3) is 0.857. The summed E-state index contributed by atoms with van der Waals surface area (Å²) in [6.07, 6.45) is 6.76. The van der Waals surface area contributed by atoms with Gasteiger partial charge in [0, 0.05) is 26.1 Å². The topological polar surface area (TPSA) is 75.4 Å². The highest BCUT2D eigenvalue weighted by Crippen LogP contribution is 2.28. The van der Waals surface area contributed by atoms with Crippen LogP contribution < -0.4 is 11.1 Å². The van der Waals surface area contributed by atoms with Crippen LogP contribution in [0.2, 0.25) is 0 Å². The number of rotatable bonds is 2. The number of nitrogens with one attached hydrogen (secondary N) is 1. The molecule has 108 valence electrons. The Bertz CT molecular complexity index is 351. The maximum Gasteiger partial charge on any atom is 0.242 e. The molecule has 5 nitrogen and oxygen atoms in total. The molecule has 0 aromatic carbocycles. The van der Waals surface area contributed by atoms with E-state index in [2.05, 4.69) is 5.32 Å². The third kappa shape index (κ3) is 3.47. The molecule has 0 radical (unpaired) electrons. The number of likely N-dealkylation sites (tertiary alicyclic amines) is 1. The number of nitrogens with two attached hydrogens (primary N) is 1. The van der Waals surface area contributed by atoms with E-state index in [0.717, 1.165) is 45.1 Å². The first-order valence-electron chi connectivity index (χ1n) is 7.37. The van der Waals surface area contributed by atoms with Crippen LogP contribution in [0.5, 0.6) is 0 Å². The summed E-state index contributed by atoms with van der Waals surface area (Å²) < 4.78 is 0. The molecule has 1 unspecified atom stereocenters. The Balaban J connectivity index is 1.96. The second-order valence-corrected chi connectivity index (χ2v) is 6.01. The standard InChI is InChI=1S/C14H25N3O2/c1-11(18)16-12-6-5-9-17(10-12)13(19)14(15)7-3-2-4-8-14/h12H,2-10,15H2,1H3,(H,16,18). The molecule has 0 aromatic rings. The molecule has 1 aliphatic heterocycles. The van der Waals surface area contributed by atoms with Gasteiger partial charge in [0.05, 0.1) is 5.54 Å². The van der Waals surface area contributed by atoms with Crippen LogP contribution in [0.1, 0.15) is 51.9 Å². The van der Waals surface area contributed by atoms with E-state index < -0.39 is 5.54 Å². The van der Waals surface area contributed by atoms with E-state index in [0.29, 0.717) is 6.54 Å². The molecule has 0 bridgehead atoms. The first-order valence-corrected chi connectivity index (χ1v) is 7.37. The van der Waals surface area contributed by atoms with Gasteiger partial charge in [0.2, 0.25) is 11.8 Å². The van der Waals surface area contributed by atoms with Crippen molar-refractivity contribution < 1.29 is 9.59 Å². The van der Waals surface area contributed by atoms with E-state index in [-0.39, 0.29) is 17.9 Å². The molecule has 0 aromatic heterocycles. The van der Waals surface area contributed by atoms with Crippen LogP contribution in [0.3, 0.4) is 0 Å². The number of amides is 2. The van der Waals surface area contributed by atoms with Crippen LogP contribution in [0.25, 0.3) is 0 Å². The summed E-state index contributed by atoms with van der Waals surface area (Å²) in [7, 11) is 0. The smallest absolute Gasteiger partial charge is 0.242 e. The monoisotopic (exact) mass is 267 g/mol. The maximum absolute atomic E-state index is 12.6. The first kappa shape index (κ1) is 14.3. The zero-order valence-corrected chi connectivity index (χ0v) is 11.8. The molecule has 1 atom stereocenters. The van der Waals surface area contributed by atoms with Crippen LogP contribution in [0.4, 0.5) is 0 Å². The van der Waals surface area contributed by atoms with Crippen LogP contribution in [-0.4, -0.2) is 41.4 Å². The lowest BCUT2D eigenvalue weighted by atomic mass is 9.81. The molecule has 3 N–H and O–H groups in total. The van der Waals surface area contributed by atoms with E-state index in [9.17, 15) is 9.59 Å². The zero-order chi connectivity index (χ0) is 13.9. The van der Waals surface area contributed by atoms with Gasteiger partial charge >= 0.3 is 0 Å². The number of piperidine rings is 1. The Morgan fingerprint density at radius 1 is 1.21 bits per heavy atom. The summed E-state index contributed by atoms with van der Waals surface area (Å²) in [6.45, 7) is 2.90. The van der Waals surface area contributed by atoms with Gasteiger partial charge in [0.15, 0.2) is 0 Å². The second-order valence-electron chi connectivity index (χ2n) is 6.01. The van der Waals surface area contributed by atoms with Gasteiger partial charge in [0.25, 0.3) is 0 Å². The molecule has 1 saturated heterocycles. The van der Waals surface area contributed by atoms with Crippen molar-refractivity contribution in [2.75, 3.05) is 13.1 Å². The van der Waals surface area contributed by atoms with E-state index in [1.807, 2.05) is 4.90 Å². The fourth-order valence-corrected chi connectivity index (χ4v) is 3.28. The summed E-state index contributed by atoms with van der Waals surface area (Å²) in [5, 5.41) is 2.91. The van der Waals surface area contributed by atoms with Crippen LogP contribution in [0.15, 0.2) is 0 Å². The van der Waals surface area contributed by atoms with E-state index in [4.69, 9.17) is 5.73 Å². The molecule has 1 aliphatic carbocycles.